The number of nitrogens with one attached hydrogen (secondary N) is 1. The van der Waals surface area contributed by atoms with Crippen molar-refractivity contribution < 1.29 is 27.5 Å². The average Bonchev–Trinajstić information content (AvgIpc) is 2.66. The fourth-order valence-electron chi connectivity index (χ4n) is 2.33. The van der Waals surface area contributed by atoms with Gasteiger partial charge in [-0.1, -0.05) is 0 Å². The van der Waals surface area contributed by atoms with Crippen molar-refractivity contribution in [3.63, 3.8) is 0 Å². The van der Waals surface area contributed by atoms with Crippen molar-refractivity contribution in [2.75, 3.05) is 23.9 Å². The van der Waals surface area contributed by atoms with Crippen LogP contribution in [0.4, 0.5) is 5.69 Å². The number of hydrogen-bond donors (Lipinski definition) is 1. The molecule has 0 heterocycles. The van der Waals surface area contributed by atoms with Crippen LogP contribution >= 0.6 is 0 Å². The molecule has 148 valence electrons. The standard InChI is InChI=1S/C19H20AsNO6S/c1-27-19(24)13-28(25,26)12-17(22)20-11-18(23)21-16-9-5-8-15(10-16)14-6-3-2-4-7-14/h2-10,20H,11-13H2,1H3,(H,21,23). The van der Waals surface area contributed by atoms with Crippen molar-refractivity contribution in [2.24, 2.45) is 0 Å². The normalized spacial score (nSPS) is 11.3. The number of esters is 1. The van der Waals surface area contributed by atoms with Gasteiger partial charge in [0.1, 0.15) is 0 Å². The molecule has 28 heavy (non-hydrogen) atoms. The second-order valence-electron chi connectivity index (χ2n) is 5.88. The Balaban J connectivity index is 1.87. The first kappa shape index (κ1) is 21.9. The van der Waals surface area contributed by atoms with Crippen LogP contribution in [-0.2, 0) is 29.0 Å². The molecular weight excluding hydrogens is 445 g/mol. The minimum absolute atomic E-state index is 0.0257. The van der Waals surface area contributed by atoms with Crippen molar-refractivity contribution in [1.82, 2.24) is 0 Å². The van der Waals surface area contributed by atoms with Crippen LogP contribution in [0.2, 0.25) is 5.21 Å². The number of benzene rings is 2. The Morgan fingerprint density at radius 3 is 2.32 bits per heavy atom. The van der Waals surface area contributed by atoms with Crippen LogP contribution < -0.4 is 5.32 Å². The van der Waals surface area contributed by atoms with Crippen LogP contribution in [0.15, 0.2) is 54.6 Å². The summed E-state index contributed by atoms with van der Waals surface area (Å²) in [5.74, 6) is -2.83. The van der Waals surface area contributed by atoms with Gasteiger partial charge in [0.05, 0.1) is 0 Å². The molecule has 0 fully saturated rings. The number of methoxy groups -OCH3 is 1. The fourth-order valence-corrected chi connectivity index (χ4v) is 6.37. The summed E-state index contributed by atoms with van der Waals surface area (Å²) in [7, 11) is -2.79. The number of anilines is 1. The number of rotatable bonds is 9. The Bertz CT molecular complexity index is 959. The van der Waals surface area contributed by atoms with E-state index < -0.39 is 47.6 Å². The first-order valence-corrected chi connectivity index (χ1v) is 12.6. The second kappa shape index (κ2) is 10.2. The molecule has 0 saturated carbocycles. The third kappa shape index (κ3) is 7.29. The first-order chi connectivity index (χ1) is 13.3. The van der Waals surface area contributed by atoms with E-state index in [1.807, 2.05) is 48.5 Å². The van der Waals surface area contributed by atoms with E-state index in [4.69, 9.17) is 0 Å². The molecule has 1 amide bonds. The Hall–Kier alpha value is -2.44. The number of amides is 1. The van der Waals surface area contributed by atoms with Crippen LogP contribution in [0.1, 0.15) is 0 Å². The summed E-state index contributed by atoms with van der Waals surface area (Å²) in [4.78, 5) is 35.0. The van der Waals surface area contributed by atoms with Gasteiger partial charge in [0.15, 0.2) is 0 Å². The number of sulfone groups is 1. The molecule has 0 bridgehead atoms. The van der Waals surface area contributed by atoms with Gasteiger partial charge in [0.25, 0.3) is 0 Å². The van der Waals surface area contributed by atoms with Gasteiger partial charge >= 0.3 is 170 Å². The van der Waals surface area contributed by atoms with E-state index in [1.165, 1.54) is 0 Å². The van der Waals surface area contributed by atoms with Crippen molar-refractivity contribution >= 4 is 47.7 Å². The molecule has 1 unspecified atom stereocenters. The van der Waals surface area contributed by atoms with Crippen molar-refractivity contribution in [1.29, 1.82) is 0 Å². The molecule has 1 atom stereocenters. The van der Waals surface area contributed by atoms with E-state index in [1.54, 1.807) is 6.07 Å². The minimum atomic E-state index is -3.86. The molecule has 2 rings (SSSR count). The molecule has 2 aromatic rings. The van der Waals surface area contributed by atoms with E-state index >= 15 is 0 Å². The quantitative estimate of drug-likeness (QED) is 0.442. The van der Waals surface area contributed by atoms with Gasteiger partial charge in [-0.15, -0.1) is 0 Å². The molecule has 0 saturated heterocycles. The molecule has 1 N–H and O–H groups in total. The molecule has 7 nitrogen and oxygen atoms in total. The predicted molar refractivity (Wildman–Crippen MR) is 108 cm³/mol. The third-order valence-electron chi connectivity index (χ3n) is 3.62. The van der Waals surface area contributed by atoms with Gasteiger partial charge < -0.3 is 0 Å². The van der Waals surface area contributed by atoms with Gasteiger partial charge in [-0.05, 0) is 0 Å². The van der Waals surface area contributed by atoms with Gasteiger partial charge in [-0.3, -0.25) is 0 Å². The molecule has 0 aliphatic heterocycles. The fraction of sp³-hybridized carbons (Fsp3) is 0.211. The monoisotopic (exact) mass is 465 g/mol. The molecule has 2 aromatic carbocycles. The number of carbonyl (C=O) groups is 3. The van der Waals surface area contributed by atoms with Crippen molar-refractivity contribution in [3.8, 4) is 11.1 Å². The third-order valence-corrected chi connectivity index (χ3v) is 7.77. The number of hydrogen-bond acceptors (Lipinski definition) is 6. The zero-order valence-corrected chi connectivity index (χ0v) is 18.1. The molecule has 0 spiro atoms. The Kier molecular flexibility index (Phi) is 7.96. The second-order valence-corrected chi connectivity index (χ2v) is 10.6. The van der Waals surface area contributed by atoms with Gasteiger partial charge in [-0.25, -0.2) is 0 Å². The summed E-state index contributed by atoms with van der Waals surface area (Å²) in [5, 5.41) is 2.70. The Morgan fingerprint density at radius 2 is 1.64 bits per heavy atom. The maximum atomic E-state index is 12.1. The summed E-state index contributed by atoms with van der Waals surface area (Å²) in [6.45, 7) is 0. The van der Waals surface area contributed by atoms with E-state index in [2.05, 4.69) is 10.1 Å². The summed E-state index contributed by atoms with van der Waals surface area (Å²) < 4.78 is 27.2. The molecule has 9 heteroatoms. The first-order valence-electron chi connectivity index (χ1n) is 8.28. The van der Waals surface area contributed by atoms with Crippen LogP contribution in [0.5, 0.6) is 0 Å². The van der Waals surface area contributed by atoms with Crippen LogP contribution in [0.3, 0.4) is 0 Å². The van der Waals surface area contributed by atoms with Crippen molar-refractivity contribution in [2.45, 2.75) is 5.21 Å². The van der Waals surface area contributed by atoms with Crippen LogP contribution in [-0.4, -0.2) is 59.2 Å². The van der Waals surface area contributed by atoms with Gasteiger partial charge in [0.2, 0.25) is 0 Å². The SMILES string of the molecule is COC(=O)CS(=O)(=O)CC(=O)[AsH]CC(=O)Nc1cccc(-c2ccccc2)c1. The molecular formula is C19H20AsNO6S. The summed E-state index contributed by atoms with van der Waals surface area (Å²) in [6, 6.07) is 17.0. The van der Waals surface area contributed by atoms with E-state index in [9.17, 15) is 22.8 Å². The molecule has 0 aliphatic carbocycles. The van der Waals surface area contributed by atoms with Gasteiger partial charge in [0, 0.05) is 0 Å². The number of carbonyl (C=O) groups excluding carboxylic acids is 3. The van der Waals surface area contributed by atoms with Gasteiger partial charge in [-0.2, -0.15) is 0 Å². The Morgan fingerprint density at radius 1 is 0.964 bits per heavy atom. The molecule has 0 radical (unpaired) electrons. The maximum absolute atomic E-state index is 12.1. The Labute approximate surface area is 170 Å². The van der Waals surface area contributed by atoms with Crippen LogP contribution in [0, 0.1) is 0 Å². The molecule has 0 aliphatic rings. The van der Waals surface area contributed by atoms with E-state index in [0.29, 0.717) is 5.69 Å². The van der Waals surface area contributed by atoms with E-state index in [-0.39, 0.29) is 11.1 Å². The van der Waals surface area contributed by atoms with Crippen molar-refractivity contribution in [3.05, 3.63) is 54.6 Å². The van der Waals surface area contributed by atoms with Crippen LogP contribution in [0.25, 0.3) is 11.1 Å². The average molecular weight is 465 g/mol. The zero-order valence-electron chi connectivity index (χ0n) is 15.2. The summed E-state index contributed by atoms with van der Waals surface area (Å²) in [5.41, 5.74) is 2.56. The zero-order chi connectivity index (χ0) is 20.6. The number of ether oxygens (including phenoxy) is 1. The topological polar surface area (TPSA) is 107 Å². The van der Waals surface area contributed by atoms with E-state index in [0.717, 1.165) is 18.2 Å². The summed E-state index contributed by atoms with van der Waals surface area (Å²) >= 11 is -1.45. The predicted octanol–water partition coefficient (Wildman–Crippen LogP) is 1.26. The molecule has 0 aromatic heterocycles. The summed E-state index contributed by atoms with van der Waals surface area (Å²) in [6.07, 6.45) is 0.